The summed E-state index contributed by atoms with van der Waals surface area (Å²) in [5.74, 6) is -3.67. The van der Waals surface area contributed by atoms with Gasteiger partial charge >= 0.3 is 12.3 Å². The van der Waals surface area contributed by atoms with E-state index in [1.807, 2.05) is 0 Å². The zero-order valence-corrected chi connectivity index (χ0v) is 26.4. The monoisotopic (exact) mass is 621 g/mol. The summed E-state index contributed by atoms with van der Waals surface area (Å²) in [5, 5.41) is 11.6. The van der Waals surface area contributed by atoms with Crippen LogP contribution in [0.4, 0.5) is 18.0 Å². The van der Waals surface area contributed by atoms with E-state index < -0.39 is 70.4 Å². The number of carbonyl (C=O) groups excluding carboxylic acids is 1. The van der Waals surface area contributed by atoms with Crippen LogP contribution in [0, 0.1) is 24.7 Å². The minimum absolute atomic E-state index is 0.178. The highest BCUT2D eigenvalue weighted by molar-refractivity contribution is 7.86. The lowest BCUT2D eigenvalue weighted by atomic mass is 9.79. The summed E-state index contributed by atoms with van der Waals surface area (Å²) >= 11 is 0. The summed E-state index contributed by atoms with van der Waals surface area (Å²) in [6, 6.07) is 4.92. The topological polar surface area (TPSA) is 102 Å². The predicted octanol–water partition coefficient (Wildman–Crippen LogP) is 6.59. The first-order valence-corrected chi connectivity index (χ1v) is 16.0. The number of ether oxygens (including phenoxy) is 2. The number of aliphatic hydroxyl groups is 1. The van der Waals surface area contributed by atoms with Crippen LogP contribution in [0.5, 0.6) is 0 Å². The summed E-state index contributed by atoms with van der Waals surface area (Å²) in [7, 11) is -4.42. The van der Waals surface area contributed by atoms with Crippen molar-refractivity contribution in [2.45, 2.75) is 128 Å². The van der Waals surface area contributed by atoms with Crippen molar-refractivity contribution in [1.29, 1.82) is 0 Å². The Morgan fingerprint density at radius 2 is 1.69 bits per heavy atom. The minimum Gasteiger partial charge on any atom is -0.444 e. The number of carbonyl (C=O) groups is 1. The molecule has 240 valence electrons. The summed E-state index contributed by atoms with van der Waals surface area (Å²) < 4.78 is 85.1. The molecular weight excluding hydrogens is 575 g/mol. The number of nitrogens with zero attached hydrogens (tertiary/aromatic N) is 1. The average molecular weight is 622 g/mol. The molecule has 3 rings (SSSR count). The van der Waals surface area contributed by atoms with Crippen molar-refractivity contribution in [3.8, 4) is 0 Å². The summed E-state index contributed by atoms with van der Waals surface area (Å²) in [6.45, 7) is 10.1. The molecule has 1 unspecified atom stereocenters. The zero-order chi connectivity index (χ0) is 31.7. The van der Waals surface area contributed by atoms with Crippen LogP contribution in [-0.2, 0) is 23.8 Å². The van der Waals surface area contributed by atoms with Gasteiger partial charge in [0.05, 0.1) is 29.6 Å². The maximum Gasteiger partial charge on any atom is 0.412 e. The minimum atomic E-state index is -4.76. The molecule has 8 nitrogen and oxygen atoms in total. The number of rotatable bonds is 9. The van der Waals surface area contributed by atoms with Crippen LogP contribution in [0.1, 0.15) is 85.6 Å². The molecule has 42 heavy (non-hydrogen) atoms. The molecular formula is C30H46F3NO7S. The number of amides is 1. The van der Waals surface area contributed by atoms with Crippen molar-refractivity contribution < 1.29 is 45.1 Å². The highest BCUT2D eigenvalue weighted by atomic mass is 32.2. The van der Waals surface area contributed by atoms with Crippen LogP contribution < -0.4 is 0 Å². The maximum absolute atomic E-state index is 14.1. The number of alkyl halides is 3. The molecule has 1 amide bonds. The Labute approximate surface area is 248 Å². The number of hydrogen-bond donors (Lipinski definition) is 1. The fourth-order valence-electron chi connectivity index (χ4n) is 5.95. The van der Waals surface area contributed by atoms with Crippen LogP contribution in [-0.4, -0.2) is 66.9 Å². The zero-order valence-electron chi connectivity index (χ0n) is 25.6. The number of aliphatic hydroxyl groups excluding tert-OH is 1. The lowest BCUT2D eigenvalue weighted by molar-refractivity contribution is -0.206. The van der Waals surface area contributed by atoms with E-state index in [1.54, 1.807) is 53.7 Å². The third-order valence-corrected chi connectivity index (χ3v) is 9.56. The summed E-state index contributed by atoms with van der Waals surface area (Å²) in [4.78, 5) is 14.6. The largest absolute Gasteiger partial charge is 0.444 e. The molecule has 0 aromatic heterocycles. The molecule has 1 N–H and O–H groups in total. The van der Waals surface area contributed by atoms with Gasteiger partial charge in [0.1, 0.15) is 17.4 Å². The predicted molar refractivity (Wildman–Crippen MR) is 151 cm³/mol. The first-order chi connectivity index (χ1) is 19.2. The second kappa shape index (κ2) is 13.0. The van der Waals surface area contributed by atoms with Crippen molar-refractivity contribution in [3.63, 3.8) is 0 Å². The standard InChI is InChI=1S/C30H46F3NO7S/c1-19-13-15-22(16-14-19)42(37,38)39-18-23(20(2)30(31,32)33)25(35)26-24(17-21-11-9-8-10-12-21)34(29(6,7)40-26)27(36)41-28(3,4)5/h13-16,20-21,23-26,35H,8-12,17-18H2,1-7H3/t20?,23-,24+,25+,26-/m1/s1. The molecule has 2 fully saturated rings. The first-order valence-electron chi connectivity index (χ1n) is 14.6. The Morgan fingerprint density at radius 1 is 1.12 bits per heavy atom. The number of aryl methyl sites for hydroxylation is 1. The molecule has 2 aliphatic rings. The third-order valence-electron chi connectivity index (χ3n) is 8.26. The Kier molecular flexibility index (Phi) is 10.7. The van der Waals surface area contributed by atoms with Gasteiger partial charge < -0.3 is 14.6 Å². The summed E-state index contributed by atoms with van der Waals surface area (Å²) in [6.07, 6.45) is -3.24. The van der Waals surface area contributed by atoms with Crippen LogP contribution in [0.15, 0.2) is 29.2 Å². The number of halogens is 3. The SMILES string of the molecule is Cc1ccc(S(=O)(=O)OC[C@H](C(C)C(F)(F)F)[C@H](O)[C@@H]2OC(C)(C)N(C(=O)OC(C)(C)C)[C@H]2CC2CCCCC2)cc1. The Bertz CT molecular complexity index is 1160. The fraction of sp³-hybridized carbons (Fsp3) is 0.767. The Morgan fingerprint density at radius 3 is 2.21 bits per heavy atom. The molecule has 0 spiro atoms. The van der Waals surface area contributed by atoms with Crippen molar-refractivity contribution in [2.75, 3.05) is 6.61 Å². The first kappa shape index (κ1) is 34.6. The number of hydrogen-bond acceptors (Lipinski definition) is 7. The van der Waals surface area contributed by atoms with E-state index in [1.165, 1.54) is 17.0 Å². The smallest absolute Gasteiger partial charge is 0.412 e. The highest BCUT2D eigenvalue weighted by Gasteiger charge is 2.57. The molecule has 1 aromatic rings. The second-order valence-electron chi connectivity index (χ2n) is 13.2. The van der Waals surface area contributed by atoms with Gasteiger partial charge in [-0.2, -0.15) is 21.6 Å². The van der Waals surface area contributed by atoms with Crippen molar-refractivity contribution in [3.05, 3.63) is 29.8 Å². The van der Waals surface area contributed by atoms with E-state index in [2.05, 4.69) is 0 Å². The average Bonchev–Trinajstić information content (AvgIpc) is 3.13. The van der Waals surface area contributed by atoms with E-state index in [4.69, 9.17) is 13.7 Å². The summed E-state index contributed by atoms with van der Waals surface area (Å²) in [5.41, 5.74) is -1.36. The molecule has 12 heteroatoms. The molecule has 0 bridgehead atoms. The fourth-order valence-corrected chi connectivity index (χ4v) is 6.89. The molecule has 0 radical (unpaired) electrons. The van der Waals surface area contributed by atoms with Crippen LogP contribution in [0.25, 0.3) is 0 Å². The molecule has 1 aliphatic carbocycles. The quantitative estimate of drug-likeness (QED) is 0.311. The van der Waals surface area contributed by atoms with Crippen LogP contribution in [0.2, 0.25) is 0 Å². The Balaban J connectivity index is 1.97. The van der Waals surface area contributed by atoms with Crippen LogP contribution >= 0.6 is 0 Å². The molecule has 5 atom stereocenters. The van der Waals surface area contributed by atoms with Crippen LogP contribution in [0.3, 0.4) is 0 Å². The molecule has 1 aromatic carbocycles. The Hall–Kier alpha value is -1.89. The lowest BCUT2D eigenvalue weighted by Gasteiger charge is -2.38. The van der Waals surface area contributed by atoms with E-state index >= 15 is 0 Å². The van der Waals surface area contributed by atoms with E-state index in [9.17, 15) is 31.5 Å². The highest BCUT2D eigenvalue weighted by Crippen LogP contribution is 2.44. The second-order valence-corrected chi connectivity index (χ2v) is 14.8. The molecule has 1 aliphatic heterocycles. The van der Waals surface area contributed by atoms with E-state index in [0.717, 1.165) is 44.6 Å². The molecule has 1 saturated heterocycles. The van der Waals surface area contributed by atoms with Gasteiger partial charge in [-0.05, 0) is 66.0 Å². The van der Waals surface area contributed by atoms with Gasteiger partial charge in [-0.1, -0.05) is 56.7 Å². The van der Waals surface area contributed by atoms with Gasteiger partial charge in [-0.15, -0.1) is 0 Å². The third kappa shape index (κ3) is 8.60. The lowest BCUT2D eigenvalue weighted by Crippen LogP contribution is -2.53. The van der Waals surface area contributed by atoms with Gasteiger partial charge in [0.25, 0.3) is 10.1 Å². The maximum atomic E-state index is 14.1. The molecule has 1 heterocycles. The molecule has 1 saturated carbocycles. The van der Waals surface area contributed by atoms with Gasteiger partial charge in [-0.25, -0.2) is 4.79 Å². The van der Waals surface area contributed by atoms with Gasteiger partial charge in [0, 0.05) is 5.92 Å². The van der Waals surface area contributed by atoms with Crippen molar-refractivity contribution in [2.24, 2.45) is 17.8 Å². The van der Waals surface area contributed by atoms with E-state index in [-0.39, 0.29) is 10.8 Å². The normalized spacial score (nSPS) is 24.3. The van der Waals surface area contributed by atoms with Gasteiger partial charge in [0.2, 0.25) is 0 Å². The van der Waals surface area contributed by atoms with E-state index in [0.29, 0.717) is 6.42 Å². The van der Waals surface area contributed by atoms with Gasteiger partial charge in [0.15, 0.2) is 0 Å². The number of benzene rings is 1. The van der Waals surface area contributed by atoms with Gasteiger partial charge in [-0.3, -0.25) is 9.08 Å². The van der Waals surface area contributed by atoms with Crippen molar-refractivity contribution in [1.82, 2.24) is 4.90 Å². The van der Waals surface area contributed by atoms with Crippen molar-refractivity contribution >= 4 is 16.2 Å².